The fraction of sp³-hybridized carbons (Fsp3) is 0.167. The molecule has 7 nitrogen and oxygen atoms in total. The number of methoxy groups -OCH3 is 2. The van der Waals surface area contributed by atoms with Crippen LogP contribution in [0.3, 0.4) is 0 Å². The average molecular weight is 370 g/mol. The van der Waals surface area contributed by atoms with E-state index >= 15 is 0 Å². The zero-order chi connectivity index (χ0) is 18.4. The molecule has 3 aromatic rings. The van der Waals surface area contributed by atoms with Crippen LogP contribution < -0.4 is 14.8 Å². The van der Waals surface area contributed by atoms with Crippen LogP contribution >= 0.6 is 11.3 Å². The first-order chi connectivity index (χ1) is 12.7. The predicted octanol–water partition coefficient (Wildman–Crippen LogP) is 3.06. The third kappa shape index (κ3) is 4.09. The van der Waals surface area contributed by atoms with Gasteiger partial charge < -0.3 is 14.8 Å². The Morgan fingerprint density at radius 1 is 1.27 bits per heavy atom. The zero-order valence-corrected chi connectivity index (χ0v) is 15.2. The number of para-hydroxylation sites is 1. The lowest BCUT2D eigenvalue weighted by Gasteiger charge is -2.14. The highest BCUT2D eigenvalue weighted by Gasteiger charge is 2.12. The van der Waals surface area contributed by atoms with E-state index in [1.54, 1.807) is 43.4 Å². The number of thiazole rings is 1. The Morgan fingerprint density at radius 3 is 2.88 bits per heavy atom. The molecule has 2 heterocycles. The molecule has 1 amide bonds. The number of carbonyl (C=O) groups is 1. The van der Waals surface area contributed by atoms with Gasteiger partial charge in [-0.3, -0.25) is 4.79 Å². The molecule has 0 unspecified atom stereocenters. The van der Waals surface area contributed by atoms with Crippen LogP contribution in [0.5, 0.6) is 11.5 Å². The maximum absolute atomic E-state index is 12.1. The molecule has 0 saturated heterocycles. The van der Waals surface area contributed by atoms with Gasteiger partial charge in [-0.2, -0.15) is 5.10 Å². The van der Waals surface area contributed by atoms with Gasteiger partial charge in [-0.25, -0.2) is 9.67 Å². The van der Waals surface area contributed by atoms with Crippen LogP contribution in [-0.4, -0.2) is 34.9 Å². The summed E-state index contributed by atoms with van der Waals surface area (Å²) >= 11 is 1.46. The molecule has 0 aliphatic carbocycles. The number of carbonyl (C=O) groups excluding carboxylic acids is 1. The monoisotopic (exact) mass is 370 g/mol. The van der Waals surface area contributed by atoms with Crippen LogP contribution in [0, 0.1) is 0 Å². The van der Waals surface area contributed by atoms with Crippen molar-refractivity contribution in [3.8, 4) is 11.5 Å². The second-order valence-electron chi connectivity index (χ2n) is 5.22. The van der Waals surface area contributed by atoms with Crippen molar-refractivity contribution < 1.29 is 14.3 Å². The van der Waals surface area contributed by atoms with Crippen molar-refractivity contribution in [2.75, 3.05) is 19.5 Å². The summed E-state index contributed by atoms with van der Waals surface area (Å²) in [5.74, 6) is 1.63. The molecule has 134 valence electrons. The summed E-state index contributed by atoms with van der Waals surface area (Å²) < 4.78 is 12.5. The summed E-state index contributed by atoms with van der Waals surface area (Å²) in [5, 5.41) is 9.72. The van der Waals surface area contributed by atoms with E-state index in [9.17, 15) is 4.79 Å². The van der Waals surface area contributed by atoms with E-state index in [2.05, 4.69) is 15.4 Å². The molecule has 2 aromatic heterocycles. The lowest BCUT2D eigenvalue weighted by atomic mass is 10.2. The standard InChI is InChI=1S/C18H18N4O3S/c1-24-14-5-3-4-13(18(14)25-2)12-22-15(8-9-20-22)21-16(23)6-7-17-19-10-11-26-17/h3-11H,12H2,1-2H3,(H,21,23). The smallest absolute Gasteiger partial charge is 0.249 e. The Morgan fingerprint density at radius 2 is 2.15 bits per heavy atom. The highest BCUT2D eigenvalue weighted by Crippen LogP contribution is 2.31. The molecule has 26 heavy (non-hydrogen) atoms. The molecule has 0 fully saturated rings. The van der Waals surface area contributed by atoms with Crippen molar-refractivity contribution in [2.45, 2.75) is 6.54 Å². The minimum Gasteiger partial charge on any atom is -0.493 e. The summed E-state index contributed by atoms with van der Waals surface area (Å²) in [5.41, 5.74) is 0.893. The average Bonchev–Trinajstić information content (AvgIpc) is 3.32. The van der Waals surface area contributed by atoms with Crippen LogP contribution in [0.1, 0.15) is 10.6 Å². The van der Waals surface area contributed by atoms with Crippen molar-refractivity contribution in [3.63, 3.8) is 0 Å². The van der Waals surface area contributed by atoms with Gasteiger partial charge in [0.05, 0.1) is 27.0 Å². The van der Waals surface area contributed by atoms with Crippen molar-refractivity contribution in [2.24, 2.45) is 0 Å². The number of anilines is 1. The quantitative estimate of drug-likeness (QED) is 0.647. The second-order valence-corrected chi connectivity index (χ2v) is 6.15. The lowest BCUT2D eigenvalue weighted by Crippen LogP contribution is -2.14. The van der Waals surface area contributed by atoms with Crippen molar-refractivity contribution >= 4 is 29.1 Å². The minimum atomic E-state index is -0.250. The van der Waals surface area contributed by atoms with E-state index in [-0.39, 0.29) is 5.91 Å². The van der Waals surface area contributed by atoms with Gasteiger partial charge in [-0.1, -0.05) is 12.1 Å². The van der Waals surface area contributed by atoms with E-state index in [0.29, 0.717) is 23.9 Å². The molecule has 0 spiro atoms. The van der Waals surface area contributed by atoms with Crippen LogP contribution in [0.2, 0.25) is 0 Å². The Bertz CT molecular complexity index is 903. The number of nitrogens with one attached hydrogen (secondary N) is 1. The van der Waals surface area contributed by atoms with Crippen molar-refractivity contribution in [3.05, 3.63) is 58.7 Å². The zero-order valence-electron chi connectivity index (χ0n) is 14.4. The fourth-order valence-electron chi connectivity index (χ4n) is 2.44. The number of nitrogens with zero attached hydrogens (tertiary/aromatic N) is 3. The Kier molecular flexibility index (Phi) is 5.65. The van der Waals surface area contributed by atoms with Gasteiger partial charge in [0.25, 0.3) is 0 Å². The SMILES string of the molecule is COc1cccc(Cn2nccc2NC(=O)C=Cc2nccs2)c1OC. The van der Waals surface area contributed by atoms with Crippen molar-refractivity contribution in [1.82, 2.24) is 14.8 Å². The van der Waals surface area contributed by atoms with Crippen LogP contribution in [-0.2, 0) is 11.3 Å². The first-order valence-corrected chi connectivity index (χ1v) is 8.69. The normalized spacial score (nSPS) is 10.8. The Labute approximate surface area is 154 Å². The number of hydrogen-bond donors (Lipinski definition) is 1. The number of benzene rings is 1. The summed E-state index contributed by atoms with van der Waals surface area (Å²) in [6.45, 7) is 0.430. The van der Waals surface area contributed by atoms with Gasteiger partial charge in [0.2, 0.25) is 5.91 Å². The largest absolute Gasteiger partial charge is 0.493 e. The second kappa shape index (κ2) is 8.30. The Hall–Kier alpha value is -3.13. The number of amides is 1. The predicted molar refractivity (Wildman–Crippen MR) is 101 cm³/mol. The number of aromatic nitrogens is 3. The van der Waals surface area contributed by atoms with Gasteiger partial charge in [0.15, 0.2) is 11.5 Å². The van der Waals surface area contributed by atoms with Crippen LogP contribution in [0.15, 0.2) is 48.1 Å². The summed E-state index contributed by atoms with van der Waals surface area (Å²) in [6, 6.07) is 7.38. The molecular weight excluding hydrogens is 352 g/mol. The van der Waals surface area contributed by atoms with Crippen molar-refractivity contribution in [1.29, 1.82) is 0 Å². The number of hydrogen-bond acceptors (Lipinski definition) is 6. The van der Waals surface area contributed by atoms with Gasteiger partial charge >= 0.3 is 0 Å². The van der Waals surface area contributed by atoms with Gasteiger partial charge in [-0.05, 0) is 12.1 Å². The molecular formula is C18H18N4O3S. The third-order valence-corrected chi connectivity index (χ3v) is 4.34. The Balaban J connectivity index is 1.74. The molecule has 1 aromatic carbocycles. The maximum atomic E-state index is 12.1. The van der Waals surface area contributed by atoms with E-state index < -0.39 is 0 Å². The molecule has 0 bridgehead atoms. The first-order valence-electron chi connectivity index (χ1n) is 7.81. The summed E-state index contributed by atoms with van der Waals surface area (Å²) in [6.07, 6.45) is 6.44. The molecule has 3 rings (SSSR count). The van der Waals surface area contributed by atoms with Gasteiger partial charge in [0, 0.05) is 29.3 Å². The first kappa shape index (κ1) is 17.7. The molecule has 0 aliphatic heterocycles. The molecule has 0 radical (unpaired) electrons. The lowest BCUT2D eigenvalue weighted by molar-refractivity contribution is -0.111. The summed E-state index contributed by atoms with van der Waals surface area (Å²) in [4.78, 5) is 16.2. The van der Waals surface area contributed by atoms with Gasteiger partial charge in [0.1, 0.15) is 10.8 Å². The van der Waals surface area contributed by atoms with E-state index in [1.807, 2.05) is 23.6 Å². The van der Waals surface area contributed by atoms with E-state index in [0.717, 1.165) is 10.6 Å². The highest BCUT2D eigenvalue weighted by atomic mass is 32.1. The molecule has 0 aliphatic rings. The van der Waals surface area contributed by atoms with Crippen LogP contribution in [0.4, 0.5) is 5.82 Å². The molecule has 8 heteroatoms. The maximum Gasteiger partial charge on any atom is 0.249 e. The number of rotatable bonds is 7. The molecule has 1 N–H and O–H groups in total. The topological polar surface area (TPSA) is 78.3 Å². The summed E-state index contributed by atoms with van der Waals surface area (Å²) in [7, 11) is 3.19. The third-order valence-electron chi connectivity index (χ3n) is 3.60. The molecule has 0 saturated carbocycles. The highest BCUT2D eigenvalue weighted by molar-refractivity contribution is 7.10. The van der Waals surface area contributed by atoms with Crippen LogP contribution in [0.25, 0.3) is 6.08 Å². The molecule has 0 atom stereocenters. The minimum absolute atomic E-state index is 0.250. The fourth-order valence-corrected chi connectivity index (χ4v) is 2.97. The number of ether oxygens (including phenoxy) is 2. The van der Waals surface area contributed by atoms with E-state index in [1.165, 1.54) is 17.4 Å². The van der Waals surface area contributed by atoms with Gasteiger partial charge in [-0.15, -0.1) is 11.3 Å². The van der Waals surface area contributed by atoms with E-state index in [4.69, 9.17) is 9.47 Å².